The van der Waals surface area contributed by atoms with Crippen molar-refractivity contribution in [3.05, 3.63) is 65.9 Å². The highest BCUT2D eigenvalue weighted by molar-refractivity contribution is 5.93. The van der Waals surface area contributed by atoms with E-state index >= 15 is 0 Å². The third kappa shape index (κ3) is 2.94. The summed E-state index contributed by atoms with van der Waals surface area (Å²) in [7, 11) is 1.62. The number of H-pyrrole nitrogens is 1. The highest BCUT2D eigenvalue weighted by Crippen LogP contribution is 2.31. The third-order valence-corrected chi connectivity index (χ3v) is 4.19. The van der Waals surface area contributed by atoms with Crippen molar-refractivity contribution in [2.24, 2.45) is 0 Å². The molecule has 1 unspecified atom stereocenters. The Morgan fingerprint density at radius 3 is 3.00 bits per heavy atom. The van der Waals surface area contributed by atoms with Crippen molar-refractivity contribution in [1.82, 2.24) is 15.5 Å². The maximum absolute atomic E-state index is 12.5. The summed E-state index contributed by atoms with van der Waals surface area (Å²) in [4.78, 5) is 12.5. The van der Waals surface area contributed by atoms with Gasteiger partial charge in [0.15, 0.2) is 0 Å². The molecule has 0 bridgehead atoms. The maximum Gasteiger partial charge on any atom is 0.269 e. The summed E-state index contributed by atoms with van der Waals surface area (Å²) < 4.78 is 10.8. The van der Waals surface area contributed by atoms with Crippen LogP contribution in [0.25, 0.3) is 11.3 Å². The van der Waals surface area contributed by atoms with Crippen LogP contribution >= 0.6 is 0 Å². The summed E-state index contributed by atoms with van der Waals surface area (Å²) in [5.41, 5.74) is 2.96. The number of aromatic amines is 1. The molecule has 2 heterocycles. The quantitative estimate of drug-likeness (QED) is 0.768. The standard InChI is InChI=1S/C19H17N3O3/c1-24-13-6-4-5-12(9-13)15-10-16(22-21-15)19(23)20-17-11-25-18-8-3-2-7-14(17)18/h2-10,17H,11H2,1H3,(H,20,23)(H,21,22). The minimum absolute atomic E-state index is 0.160. The number of nitrogens with one attached hydrogen (secondary N) is 2. The fraction of sp³-hybridized carbons (Fsp3) is 0.158. The van der Waals surface area contributed by atoms with Crippen molar-refractivity contribution in [3.63, 3.8) is 0 Å². The second-order valence-electron chi connectivity index (χ2n) is 5.77. The Hall–Kier alpha value is -3.28. The first-order chi connectivity index (χ1) is 12.2. The van der Waals surface area contributed by atoms with Gasteiger partial charge in [0, 0.05) is 11.1 Å². The van der Waals surface area contributed by atoms with Crippen LogP contribution in [-0.4, -0.2) is 29.8 Å². The van der Waals surface area contributed by atoms with Crippen LogP contribution in [0.15, 0.2) is 54.6 Å². The zero-order chi connectivity index (χ0) is 17.2. The van der Waals surface area contributed by atoms with Crippen LogP contribution < -0.4 is 14.8 Å². The van der Waals surface area contributed by atoms with E-state index in [1.54, 1.807) is 13.2 Å². The molecule has 2 N–H and O–H groups in total. The van der Waals surface area contributed by atoms with Crippen LogP contribution in [0.4, 0.5) is 0 Å². The highest BCUT2D eigenvalue weighted by Gasteiger charge is 2.26. The Morgan fingerprint density at radius 1 is 1.24 bits per heavy atom. The normalized spacial score (nSPS) is 15.3. The number of carbonyl (C=O) groups is 1. The van der Waals surface area contributed by atoms with Crippen molar-refractivity contribution in [2.45, 2.75) is 6.04 Å². The molecule has 0 saturated heterocycles. The number of benzene rings is 2. The van der Waals surface area contributed by atoms with Crippen molar-refractivity contribution in [3.8, 4) is 22.8 Å². The van der Waals surface area contributed by atoms with Gasteiger partial charge in [-0.2, -0.15) is 5.10 Å². The largest absolute Gasteiger partial charge is 0.497 e. The molecule has 6 nitrogen and oxygen atoms in total. The van der Waals surface area contributed by atoms with Crippen LogP contribution in [0.1, 0.15) is 22.1 Å². The van der Waals surface area contributed by atoms with Crippen LogP contribution in [0.3, 0.4) is 0 Å². The monoisotopic (exact) mass is 335 g/mol. The Bertz CT molecular complexity index is 920. The number of para-hydroxylation sites is 1. The molecular weight excluding hydrogens is 318 g/mol. The smallest absolute Gasteiger partial charge is 0.269 e. The Labute approximate surface area is 144 Å². The summed E-state index contributed by atoms with van der Waals surface area (Å²) in [6.07, 6.45) is 0. The zero-order valence-electron chi connectivity index (χ0n) is 13.7. The Morgan fingerprint density at radius 2 is 2.12 bits per heavy atom. The van der Waals surface area contributed by atoms with Crippen molar-refractivity contribution >= 4 is 5.91 Å². The average Bonchev–Trinajstić information content (AvgIpc) is 3.30. The third-order valence-electron chi connectivity index (χ3n) is 4.19. The first-order valence-electron chi connectivity index (χ1n) is 7.97. The van der Waals surface area contributed by atoms with E-state index in [1.165, 1.54) is 0 Å². The van der Waals surface area contributed by atoms with Gasteiger partial charge in [0.2, 0.25) is 0 Å². The Kier molecular flexibility index (Phi) is 3.85. The lowest BCUT2D eigenvalue weighted by atomic mass is 10.1. The molecule has 0 spiro atoms. The number of carbonyl (C=O) groups excluding carboxylic acids is 1. The molecule has 0 fully saturated rings. The number of aromatic nitrogens is 2. The summed E-state index contributed by atoms with van der Waals surface area (Å²) in [6, 6.07) is 16.8. The maximum atomic E-state index is 12.5. The van der Waals surface area contributed by atoms with Gasteiger partial charge in [0.1, 0.15) is 23.8 Å². The Balaban J connectivity index is 1.51. The molecule has 126 valence electrons. The molecule has 1 aliphatic heterocycles. The van der Waals surface area contributed by atoms with E-state index < -0.39 is 0 Å². The number of methoxy groups -OCH3 is 1. The van der Waals surface area contributed by atoms with Gasteiger partial charge in [0.25, 0.3) is 5.91 Å². The number of nitrogens with zero attached hydrogens (tertiary/aromatic N) is 1. The average molecular weight is 335 g/mol. The van der Waals surface area contributed by atoms with E-state index in [4.69, 9.17) is 9.47 Å². The summed E-state index contributed by atoms with van der Waals surface area (Å²) >= 11 is 0. The fourth-order valence-electron chi connectivity index (χ4n) is 2.89. The predicted octanol–water partition coefficient (Wildman–Crippen LogP) is 2.95. The molecule has 6 heteroatoms. The van der Waals surface area contributed by atoms with Gasteiger partial charge in [0.05, 0.1) is 18.8 Å². The zero-order valence-corrected chi connectivity index (χ0v) is 13.7. The topological polar surface area (TPSA) is 76.2 Å². The van der Waals surface area contributed by atoms with Gasteiger partial charge < -0.3 is 14.8 Å². The van der Waals surface area contributed by atoms with Gasteiger partial charge in [-0.15, -0.1) is 0 Å². The second kappa shape index (κ2) is 6.32. The minimum Gasteiger partial charge on any atom is -0.497 e. The molecular formula is C19H17N3O3. The van der Waals surface area contributed by atoms with Crippen molar-refractivity contribution in [1.29, 1.82) is 0 Å². The summed E-state index contributed by atoms with van der Waals surface area (Å²) in [6.45, 7) is 0.433. The summed E-state index contributed by atoms with van der Waals surface area (Å²) in [5, 5.41) is 10.0. The van der Waals surface area contributed by atoms with E-state index in [0.717, 1.165) is 22.6 Å². The first-order valence-corrected chi connectivity index (χ1v) is 7.97. The van der Waals surface area contributed by atoms with E-state index in [1.807, 2.05) is 48.5 Å². The SMILES string of the molecule is COc1cccc(-c2cc(C(=O)NC3COc4ccccc43)[nH]n2)c1. The fourth-order valence-corrected chi connectivity index (χ4v) is 2.89. The number of fused-ring (bicyclic) bond motifs is 1. The molecule has 0 saturated carbocycles. The van der Waals surface area contributed by atoms with Gasteiger partial charge >= 0.3 is 0 Å². The molecule has 0 aliphatic carbocycles. The molecule has 2 aromatic carbocycles. The van der Waals surface area contributed by atoms with Crippen molar-refractivity contribution in [2.75, 3.05) is 13.7 Å². The molecule has 1 amide bonds. The summed E-state index contributed by atoms with van der Waals surface area (Å²) in [5.74, 6) is 1.34. The number of amides is 1. The number of ether oxygens (including phenoxy) is 2. The molecule has 1 atom stereocenters. The number of hydrogen-bond donors (Lipinski definition) is 2. The molecule has 0 radical (unpaired) electrons. The van der Waals surface area contributed by atoms with E-state index in [2.05, 4.69) is 15.5 Å². The lowest BCUT2D eigenvalue weighted by Crippen LogP contribution is -2.29. The number of rotatable bonds is 4. The molecule has 4 rings (SSSR count). The van der Waals surface area contributed by atoms with Crippen molar-refractivity contribution < 1.29 is 14.3 Å². The second-order valence-corrected chi connectivity index (χ2v) is 5.77. The van der Waals surface area contributed by atoms with Gasteiger partial charge in [-0.25, -0.2) is 0 Å². The van der Waals surface area contributed by atoms with Gasteiger partial charge in [-0.05, 0) is 24.3 Å². The lowest BCUT2D eigenvalue weighted by Gasteiger charge is -2.10. The number of hydrogen-bond acceptors (Lipinski definition) is 4. The molecule has 1 aromatic heterocycles. The molecule has 3 aromatic rings. The molecule has 1 aliphatic rings. The van der Waals surface area contributed by atoms with Crippen LogP contribution in [0.5, 0.6) is 11.5 Å². The van der Waals surface area contributed by atoms with Crippen LogP contribution in [-0.2, 0) is 0 Å². The lowest BCUT2D eigenvalue weighted by molar-refractivity contribution is 0.0925. The van der Waals surface area contributed by atoms with E-state index in [9.17, 15) is 4.79 Å². The molecule has 25 heavy (non-hydrogen) atoms. The van der Waals surface area contributed by atoms with Gasteiger partial charge in [-0.3, -0.25) is 9.89 Å². The van der Waals surface area contributed by atoms with Gasteiger partial charge in [-0.1, -0.05) is 30.3 Å². The first kappa shape index (κ1) is 15.3. The van der Waals surface area contributed by atoms with Crippen LogP contribution in [0.2, 0.25) is 0 Å². The van der Waals surface area contributed by atoms with E-state index in [-0.39, 0.29) is 11.9 Å². The van der Waals surface area contributed by atoms with E-state index in [0.29, 0.717) is 18.0 Å². The highest BCUT2D eigenvalue weighted by atomic mass is 16.5. The minimum atomic E-state index is -0.216. The predicted molar refractivity (Wildman–Crippen MR) is 92.7 cm³/mol. The van der Waals surface area contributed by atoms with Crippen LogP contribution in [0, 0.1) is 0 Å².